The van der Waals surface area contributed by atoms with Crippen molar-refractivity contribution in [2.75, 3.05) is 0 Å². The van der Waals surface area contributed by atoms with Gasteiger partial charge in [0.1, 0.15) is 11.6 Å². The van der Waals surface area contributed by atoms with E-state index in [0.29, 0.717) is 12.0 Å². The van der Waals surface area contributed by atoms with E-state index in [1.807, 2.05) is 49.4 Å². The van der Waals surface area contributed by atoms with Crippen molar-refractivity contribution >= 4 is 0 Å². The summed E-state index contributed by atoms with van der Waals surface area (Å²) in [7, 11) is 0. The maximum absolute atomic E-state index is 14.9. The van der Waals surface area contributed by atoms with E-state index in [4.69, 9.17) is 0 Å². The second-order valence-corrected chi connectivity index (χ2v) is 10.7. The molecule has 0 spiro atoms. The Bertz CT molecular complexity index is 1080. The van der Waals surface area contributed by atoms with E-state index in [1.165, 1.54) is 62.6 Å². The first-order valence-electron chi connectivity index (χ1n) is 13.8. The van der Waals surface area contributed by atoms with Gasteiger partial charge in [-0.3, -0.25) is 0 Å². The summed E-state index contributed by atoms with van der Waals surface area (Å²) in [6, 6.07) is 21.1. The molecule has 1 fully saturated rings. The van der Waals surface area contributed by atoms with Crippen molar-refractivity contribution in [2.45, 2.75) is 77.6 Å². The van der Waals surface area contributed by atoms with E-state index in [9.17, 15) is 8.78 Å². The molecule has 1 saturated carbocycles. The summed E-state index contributed by atoms with van der Waals surface area (Å²) in [5, 5.41) is 0. The maximum atomic E-state index is 14.9. The zero-order valence-electron chi connectivity index (χ0n) is 21.9. The molecule has 1 aliphatic carbocycles. The number of allylic oxidation sites excluding steroid dienone is 2. The lowest BCUT2D eigenvalue weighted by atomic mass is 9.78. The SMILES string of the molecule is C/C=C/CCC1CCC(CCc2ccc(-c3cc(F)c(CC(C)c4ccccc4)c(F)c3)cc2)CC1. The van der Waals surface area contributed by atoms with Crippen molar-refractivity contribution in [3.8, 4) is 11.1 Å². The predicted molar refractivity (Wildman–Crippen MR) is 148 cm³/mol. The van der Waals surface area contributed by atoms with Gasteiger partial charge in [0.15, 0.2) is 0 Å². The molecular weight excluding hydrogens is 446 g/mol. The van der Waals surface area contributed by atoms with Gasteiger partial charge < -0.3 is 0 Å². The third kappa shape index (κ3) is 7.15. The minimum Gasteiger partial charge on any atom is -0.207 e. The molecule has 0 radical (unpaired) electrons. The molecule has 1 atom stereocenters. The van der Waals surface area contributed by atoms with Gasteiger partial charge in [-0.05, 0) is 91.2 Å². The van der Waals surface area contributed by atoms with Crippen LogP contribution in [0.1, 0.15) is 81.4 Å². The van der Waals surface area contributed by atoms with Crippen LogP contribution in [0.15, 0.2) is 78.9 Å². The minimum atomic E-state index is -0.460. The number of hydrogen-bond acceptors (Lipinski definition) is 0. The van der Waals surface area contributed by atoms with Crippen LogP contribution in [0, 0.1) is 23.5 Å². The smallest absolute Gasteiger partial charge is 0.129 e. The van der Waals surface area contributed by atoms with Crippen LogP contribution in [-0.2, 0) is 12.8 Å². The Hall–Kier alpha value is -2.74. The molecular formula is C34H40F2. The van der Waals surface area contributed by atoms with Gasteiger partial charge in [0.2, 0.25) is 0 Å². The first-order chi connectivity index (χ1) is 17.5. The van der Waals surface area contributed by atoms with Crippen LogP contribution in [0.5, 0.6) is 0 Å². The first-order valence-corrected chi connectivity index (χ1v) is 13.8. The van der Waals surface area contributed by atoms with E-state index in [0.717, 1.165) is 29.4 Å². The van der Waals surface area contributed by atoms with Gasteiger partial charge in [-0.25, -0.2) is 8.78 Å². The highest BCUT2D eigenvalue weighted by atomic mass is 19.1. The van der Waals surface area contributed by atoms with E-state index >= 15 is 0 Å². The molecule has 1 unspecified atom stereocenters. The lowest BCUT2D eigenvalue weighted by Crippen LogP contribution is -2.15. The van der Waals surface area contributed by atoms with Gasteiger partial charge in [0, 0.05) is 5.56 Å². The molecule has 0 heterocycles. The number of benzene rings is 3. The molecule has 0 nitrogen and oxygen atoms in total. The minimum absolute atomic E-state index is 0.0496. The quantitative estimate of drug-likeness (QED) is 0.250. The average Bonchev–Trinajstić information content (AvgIpc) is 2.91. The monoisotopic (exact) mass is 486 g/mol. The van der Waals surface area contributed by atoms with Crippen molar-refractivity contribution in [3.63, 3.8) is 0 Å². The first kappa shape index (κ1) is 26.3. The molecule has 0 saturated heterocycles. The van der Waals surface area contributed by atoms with Gasteiger partial charge in [0.25, 0.3) is 0 Å². The van der Waals surface area contributed by atoms with Crippen molar-refractivity contribution in [2.24, 2.45) is 11.8 Å². The Labute approximate surface area is 216 Å². The summed E-state index contributed by atoms with van der Waals surface area (Å²) in [4.78, 5) is 0. The second-order valence-electron chi connectivity index (χ2n) is 10.7. The molecule has 0 aliphatic heterocycles. The molecule has 0 amide bonds. The highest BCUT2D eigenvalue weighted by Crippen LogP contribution is 2.34. The Morgan fingerprint density at radius 1 is 0.806 bits per heavy atom. The van der Waals surface area contributed by atoms with E-state index in [2.05, 4.69) is 31.2 Å². The molecule has 36 heavy (non-hydrogen) atoms. The molecule has 2 heteroatoms. The number of rotatable bonds is 10. The number of halogens is 2. The second kappa shape index (κ2) is 13.0. The van der Waals surface area contributed by atoms with Crippen LogP contribution in [0.3, 0.4) is 0 Å². The lowest BCUT2D eigenvalue weighted by molar-refractivity contribution is 0.254. The van der Waals surface area contributed by atoms with Gasteiger partial charge >= 0.3 is 0 Å². The Balaban J connectivity index is 1.31. The number of hydrogen-bond donors (Lipinski definition) is 0. The van der Waals surface area contributed by atoms with Crippen LogP contribution >= 0.6 is 0 Å². The molecule has 0 aromatic heterocycles. The van der Waals surface area contributed by atoms with Crippen molar-refractivity contribution < 1.29 is 8.78 Å². The normalized spacial score (nSPS) is 19.0. The molecule has 0 bridgehead atoms. The summed E-state index contributed by atoms with van der Waals surface area (Å²) in [5.41, 5.74) is 4.03. The largest absolute Gasteiger partial charge is 0.207 e. The zero-order valence-corrected chi connectivity index (χ0v) is 21.9. The highest BCUT2D eigenvalue weighted by Gasteiger charge is 2.20. The molecule has 0 N–H and O–H groups in total. The highest BCUT2D eigenvalue weighted by molar-refractivity contribution is 5.64. The van der Waals surface area contributed by atoms with E-state index in [-0.39, 0.29) is 11.5 Å². The summed E-state index contributed by atoms with van der Waals surface area (Å²) in [5.74, 6) is 0.868. The molecule has 190 valence electrons. The summed E-state index contributed by atoms with van der Waals surface area (Å²) in [6.07, 6.45) is 15.1. The van der Waals surface area contributed by atoms with E-state index < -0.39 is 11.6 Å². The lowest BCUT2D eigenvalue weighted by Gasteiger charge is -2.28. The zero-order chi connectivity index (χ0) is 25.3. The van der Waals surface area contributed by atoms with Crippen molar-refractivity contribution in [3.05, 3.63) is 107 Å². The van der Waals surface area contributed by atoms with Gasteiger partial charge in [0.05, 0.1) is 0 Å². The topological polar surface area (TPSA) is 0 Å². The van der Waals surface area contributed by atoms with Crippen LogP contribution < -0.4 is 0 Å². The van der Waals surface area contributed by atoms with Gasteiger partial charge in [-0.2, -0.15) is 0 Å². The Kier molecular flexibility index (Phi) is 9.50. The summed E-state index contributed by atoms with van der Waals surface area (Å²) >= 11 is 0. The summed E-state index contributed by atoms with van der Waals surface area (Å²) < 4.78 is 29.9. The average molecular weight is 487 g/mol. The van der Waals surface area contributed by atoms with Crippen LogP contribution in [-0.4, -0.2) is 0 Å². The molecule has 1 aliphatic rings. The standard InChI is InChI=1S/C34H40F2/c1-3-4-6-9-26-12-14-27(15-13-26)16-17-28-18-20-30(21-19-28)31-23-33(35)32(34(36)24-31)22-25(2)29-10-7-5-8-11-29/h3-5,7-8,10-11,18-21,23-27H,6,9,12-17,22H2,1-2H3/b4-3+. The van der Waals surface area contributed by atoms with Crippen molar-refractivity contribution in [1.82, 2.24) is 0 Å². The van der Waals surface area contributed by atoms with Gasteiger partial charge in [-0.15, -0.1) is 0 Å². The maximum Gasteiger partial charge on any atom is 0.129 e. The third-order valence-electron chi connectivity index (χ3n) is 8.09. The van der Waals surface area contributed by atoms with Crippen LogP contribution in [0.25, 0.3) is 11.1 Å². The van der Waals surface area contributed by atoms with Crippen LogP contribution in [0.4, 0.5) is 8.78 Å². The molecule has 3 aromatic rings. The fourth-order valence-corrected chi connectivity index (χ4v) is 5.71. The third-order valence-corrected chi connectivity index (χ3v) is 8.09. The Morgan fingerprint density at radius 3 is 2.03 bits per heavy atom. The van der Waals surface area contributed by atoms with Gasteiger partial charge in [-0.1, -0.05) is 99.4 Å². The van der Waals surface area contributed by atoms with E-state index in [1.54, 1.807) is 0 Å². The fraction of sp³-hybridized carbons (Fsp3) is 0.412. The molecule has 3 aromatic carbocycles. The van der Waals surface area contributed by atoms with Crippen molar-refractivity contribution in [1.29, 1.82) is 0 Å². The van der Waals surface area contributed by atoms with Crippen LogP contribution in [0.2, 0.25) is 0 Å². The fourth-order valence-electron chi connectivity index (χ4n) is 5.71. The molecule has 4 rings (SSSR count). The number of aryl methyl sites for hydroxylation is 1. The Morgan fingerprint density at radius 2 is 1.42 bits per heavy atom. The summed E-state index contributed by atoms with van der Waals surface area (Å²) in [6.45, 7) is 4.11. The predicted octanol–water partition coefficient (Wildman–Crippen LogP) is 10.1.